The van der Waals surface area contributed by atoms with Gasteiger partial charge in [0.05, 0.1) is 5.02 Å². The molecule has 0 amide bonds. The smallest absolute Gasteiger partial charge is 0.196 e. The molecule has 0 atom stereocenters. The summed E-state index contributed by atoms with van der Waals surface area (Å²) >= 11 is 12.1. The van der Waals surface area contributed by atoms with E-state index >= 15 is 0 Å². The highest BCUT2D eigenvalue weighted by Gasteiger charge is 2.41. The Kier molecular flexibility index (Phi) is 4.88. The number of carbonyl (C=O) groups excluding carboxylic acids is 1. The standard InChI is InChI=1S/C15H18Cl2O2/c1-2-19-15(8-4-3-5-9-15)14(18)12-10-11(16)6-7-13(12)17/h6-7,10H,2-5,8-9H2,1H3. The number of hydrogen-bond acceptors (Lipinski definition) is 2. The number of hydrogen-bond donors (Lipinski definition) is 0. The SMILES string of the molecule is CCOC1(C(=O)c2cc(Cl)ccc2Cl)CCCCC1. The fourth-order valence-electron chi connectivity index (χ4n) is 2.75. The topological polar surface area (TPSA) is 26.3 Å². The molecule has 19 heavy (non-hydrogen) atoms. The van der Waals surface area contributed by atoms with Crippen molar-refractivity contribution < 1.29 is 9.53 Å². The summed E-state index contributed by atoms with van der Waals surface area (Å²) in [6.45, 7) is 2.45. The van der Waals surface area contributed by atoms with Crippen LogP contribution in [0.5, 0.6) is 0 Å². The summed E-state index contributed by atoms with van der Waals surface area (Å²) in [7, 11) is 0. The Balaban J connectivity index is 2.36. The molecular weight excluding hydrogens is 283 g/mol. The first kappa shape index (κ1) is 14.8. The van der Waals surface area contributed by atoms with Crippen LogP contribution < -0.4 is 0 Å². The summed E-state index contributed by atoms with van der Waals surface area (Å²) in [6.07, 6.45) is 4.73. The van der Waals surface area contributed by atoms with Crippen LogP contribution in [0.25, 0.3) is 0 Å². The zero-order chi connectivity index (χ0) is 13.9. The second-order valence-electron chi connectivity index (χ2n) is 4.94. The van der Waals surface area contributed by atoms with Gasteiger partial charge in [0.1, 0.15) is 5.60 Å². The molecule has 1 aromatic rings. The highest BCUT2D eigenvalue weighted by atomic mass is 35.5. The lowest BCUT2D eigenvalue weighted by molar-refractivity contribution is -0.0410. The third-order valence-corrected chi connectivity index (χ3v) is 4.23. The van der Waals surface area contributed by atoms with Crippen molar-refractivity contribution in [1.29, 1.82) is 0 Å². The van der Waals surface area contributed by atoms with E-state index in [1.165, 1.54) is 0 Å². The van der Waals surface area contributed by atoms with Crippen LogP contribution >= 0.6 is 23.2 Å². The van der Waals surface area contributed by atoms with Crippen molar-refractivity contribution in [3.05, 3.63) is 33.8 Å². The minimum Gasteiger partial charge on any atom is -0.367 e. The molecule has 0 bridgehead atoms. The minimum absolute atomic E-state index is 0.0263. The van der Waals surface area contributed by atoms with Crippen molar-refractivity contribution in [3.63, 3.8) is 0 Å². The number of halogens is 2. The van der Waals surface area contributed by atoms with E-state index < -0.39 is 5.60 Å². The van der Waals surface area contributed by atoms with Crippen LogP contribution in [0.2, 0.25) is 10.0 Å². The van der Waals surface area contributed by atoms with E-state index in [9.17, 15) is 4.79 Å². The van der Waals surface area contributed by atoms with Crippen molar-refractivity contribution in [2.75, 3.05) is 6.61 Å². The fourth-order valence-corrected chi connectivity index (χ4v) is 3.13. The molecule has 0 radical (unpaired) electrons. The van der Waals surface area contributed by atoms with Crippen molar-refractivity contribution in [2.24, 2.45) is 0 Å². The van der Waals surface area contributed by atoms with Crippen LogP contribution in [-0.2, 0) is 4.74 Å². The molecule has 2 nitrogen and oxygen atoms in total. The summed E-state index contributed by atoms with van der Waals surface area (Å²) < 4.78 is 5.83. The van der Waals surface area contributed by atoms with Crippen molar-refractivity contribution in [1.82, 2.24) is 0 Å². The molecule has 0 N–H and O–H groups in total. The van der Waals surface area contributed by atoms with Crippen LogP contribution in [0.3, 0.4) is 0 Å². The van der Waals surface area contributed by atoms with Crippen LogP contribution in [-0.4, -0.2) is 18.0 Å². The minimum atomic E-state index is -0.707. The second kappa shape index (κ2) is 6.25. The van der Waals surface area contributed by atoms with Gasteiger partial charge in [-0.15, -0.1) is 0 Å². The maximum absolute atomic E-state index is 12.8. The summed E-state index contributed by atoms with van der Waals surface area (Å²) in [5.74, 6) is -0.0263. The molecule has 1 saturated carbocycles. The fraction of sp³-hybridized carbons (Fsp3) is 0.533. The second-order valence-corrected chi connectivity index (χ2v) is 5.78. The first-order chi connectivity index (χ1) is 9.09. The van der Waals surface area contributed by atoms with Crippen molar-refractivity contribution in [3.8, 4) is 0 Å². The molecule has 1 aromatic carbocycles. The number of carbonyl (C=O) groups is 1. The van der Waals surface area contributed by atoms with E-state index in [2.05, 4.69) is 0 Å². The van der Waals surface area contributed by atoms with E-state index in [-0.39, 0.29) is 5.78 Å². The summed E-state index contributed by atoms with van der Waals surface area (Å²) in [5.41, 5.74) is -0.231. The number of ketones is 1. The summed E-state index contributed by atoms with van der Waals surface area (Å²) in [5, 5.41) is 0.967. The zero-order valence-corrected chi connectivity index (χ0v) is 12.6. The molecule has 2 rings (SSSR count). The molecule has 1 fully saturated rings. The monoisotopic (exact) mass is 300 g/mol. The van der Waals surface area contributed by atoms with E-state index in [4.69, 9.17) is 27.9 Å². The molecule has 4 heteroatoms. The van der Waals surface area contributed by atoms with Crippen molar-refractivity contribution >= 4 is 29.0 Å². The molecule has 104 valence electrons. The highest BCUT2D eigenvalue weighted by Crippen LogP contribution is 2.36. The summed E-state index contributed by atoms with van der Waals surface area (Å²) in [4.78, 5) is 12.8. The van der Waals surface area contributed by atoms with Gasteiger partial charge in [-0.3, -0.25) is 4.79 Å². The van der Waals surface area contributed by atoms with E-state index in [0.717, 1.165) is 32.1 Å². The molecule has 0 heterocycles. The Morgan fingerprint density at radius 3 is 2.58 bits per heavy atom. The van der Waals surface area contributed by atoms with E-state index in [1.54, 1.807) is 18.2 Å². The van der Waals surface area contributed by atoms with E-state index in [1.807, 2.05) is 6.92 Å². The predicted molar refractivity (Wildman–Crippen MR) is 78.2 cm³/mol. The molecule has 0 spiro atoms. The third-order valence-electron chi connectivity index (χ3n) is 3.67. The van der Waals surface area contributed by atoms with Crippen molar-refractivity contribution in [2.45, 2.75) is 44.6 Å². The maximum Gasteiger partial charge on any atom is 0.196 e. The molecule has 0 aliphatic heterocycles. The molecule has 0 unspecified atom stereocenters. The normalized spacial score (nSPS) is 18.3. The Morgan fingerprint density at radius 1 is 1.26 bits per heavy atom. The molecule has 0 saturated heterocycles. The maximum atomic E-state index is 12.8. The van der Waals surface area contributed by atoms with Crippen LogP contribution in [0, 0.1) is 0 Å². The average molecular weight is 301 g/mol. The third kappa shape index (κ3) is 3.13. The number of rotatable bonds is 4. The van der Waals surface area contributed by atoms with Gasteiger partial charge >= 0.3 is 0 Å². The molecule has 1 aliphatic rings. The van der Waals surface area contributed by atoms with Crippen LogP contribution in [0.4, 0.5) is 0 Å². The quantitative estimate of drug-likeness (QED) is 0.738. The number of benzene rings is 1. The number of Topliss-reactive ketones (excluding diaryl/α,β-unsaturated/α-hetero) is 1. The zero-order valence-electron chi connectivity index (χ0n) is 11.0. The Hall–Kier alpha value is -0.570. The van der Waals surface area contributed by atoms with Gasteiger partial charge in [0.2, 0.25) is 0 Å². The lowest BCUT2D eigenvalue weighted by Crippen LogP contribution is -2.43. The first-order valence-corrected chi connectivity index (χ1v) is 7.48. The lowest BCUT2D eigenvalue weighted by atomic mass is 9.79. The van der Waals surface area contributed by atoms with Gasteiger partial charge < -0.3 is 4.74 Å². The van der Waals surface area contributed by atoms with Crippen LogP contribution in [0.1, 0.15) is 49.4 Å². The molecular formula is C15H18Cl2O2. The van der Waals surface area contributed by atoms with Gasteiger partial charge in [0, 0.05) is 17.2 Å². The first-order valence-electron chi connectivity index (χ1n) is 6.73. The Bertz CT molecular complexity index is 460. The average Bonchev–Trinajstić information content (AvgIpc) is 2.42. The summed E-state index contributed by atoms with van der Waals surface area (Å²) in [6, 6.07) is 5.00. The van der Waals surface area contributed by atoms with E-state index in [0.29, 0.717) is 22.2 Å². The largest absolute Gasteiger partial charge is 0.367 e. The van der Waals surface area contributed by atoms with Gasteiger partial charge in [-0.1, -0.05) is 42.5 Å². The van der Waals surface area contributed by atoms with Gasteiger partial charge in [0.15, 0.2) is 5.78 Å². The Morgan fingerprint density at radius 2 is 1.95 bits per heavy atom. The number of ether oxygens (including phenoxy) is 1. The van der Waals surface area contributed by atoms with Crippen LogP contribution in [0.15, 0.2) is 18.2 Å². The van der Waals surface area contributed by atoms with Gasteiger partial charge in [0.25, 0.3) is 0 Å². The predicted octanol–water partition coefficient (Wildman–Crippen LogP) is 4.92. The molecule has 1 aliphatic carbocycles. The lowest BCUT2D eigenvalue weighted by Gasteiger charge is -2.35. The van der Waals surface area contributed by atoms with Gasteiger partial charge in [-0.25, -0.2) is 0 Å². The molecule has 0 aromatic heterocycles. The van der Waals surface area contributed by atoms with Gasteiger partial charge in [-0.2, -0.15) is 0 Å². The highest BCUT2D eigenvalue weighted by molar-refractivity contribution is 6.36. The van der Waals surface area contributed by atoms with Gasteiger partial charge in [-0.05, 0) is 38.0 Å². The Labute approximate surface area is 124 Å².